The van der Waals surface area contributed by atoms with Gasteiger partial charge in [0, 0.05) is 16.8 Å². The van der Waals surface area contributed by atoms with Crippen LogP contribution in [0.3, 0.4) is 0 Å². The van der Waals surface area contributed by atoms with Gasteiger partial charge in [0.2, 0.25) is 0 Å². The molecule has 0 radical (unpaired) electrons. The van der Waals surface area contributed by atoms with Gasteiger partial charge in [-0.05, 0) is 80.2 Å². The molecule has 3 rings (SSSR count). The van der Waals surface area contributed by atoms with Gasteiger partial charge >= 0.3 is 0 Å². The highest BCUT2D eigenvalue weighted by molar-refractivity contribution is 7.80. The predicted octanol–water partition coefficient (Wildman–Crippen LogP) is 3.27. The first-order valence-electron chi connectivity index (χ1n) is 10.4. The van der Waals surface area contributed by atoms with E-state index in [9.17, 15) is 14.4 Å². The third-order valence-electron chi connectivity index (χ3n) is 4.59. The second-order valence-electron chi connectivity index (χ2n) is 7.46. The molecule has 4 N–H and O–H groups in total. The second-order valence-corrected chi connectivity index (χ2v) is 7.87. The molecule has 0 aliphatic heterocycles. The molecule has 0 spiro atoms. The number of amides is 3. The first-order chi connectivity index (χ1) is 16.3. The molecule has 3 amide bonds. The van der Waals surface area contributed by atoms with Crippen molar-refractivity contribution < 1.29 is 19.1 Å². The molecule has 174 valence electrons. The number of benzene rings is 3. The lowest BCUT2D eigenvalue weighted by atomic mass is 10.1. The minimum Gasteiger partial charge on any atom is -0.484 e. The molecule has 0 aliphatic rings. The third-order valence-corrected chi connectivity index (χ3v) is 4.79. The molecule has 3 aromatic carbocycles. The van der Waals surface area contributed by atoms with Crippen LogP contribution in [-0.4, -0.2) is 29.4 Å². The smallest absolute Gasteiger partial charge is 0.269 e. The maximum absolute atomic E-state index is 12.3. The Labute approximate surface area is 202 Å². The minimum absolute atomic E-state index is 0.0757. The molecule has 3 aromatic rings. The molecule has 0 heterocycles. The molecular formula is C25H24N4O4S. The van der Waals surface area contributed by atoms with Crippen LogP contribution in [0, 0.1) is 13.8 Å². The zero-order valence-electron chi connectivity index (χ0n) is 18.7. The Balaban J connectivity index is 1.43. The minimum atomic E-state index is -0.470. The number of hydrazine groups is 1. The van der Waals surface area contributed by atoms with Gasteiger partial charge in [0.25, 0.3) is 17.7 Å². The largest absolute Gasteiger partial charge is 0.484 e. The lowest BCUT2D eigenvalue weighted by Gasteiger charge is -2.12. The summed E-state index contributed by atoms with van der Waals surface area (Å²) in [4.78, 5) is 36.6. The lowest BCUT2D eigenvalue weighted by Crippen LogP contribution is -2.49. The molecule has 9 heteroatoms. The van der Waals surface area contributed by atoms with Crippen LogP contribution in [0.15, 0.2) is 72.8 Å². The quantitative estimate of drug-likeness (QED) is 0.321. The van der Waals surface area contributed by atoms with Gasteiger partial charge in [0.15, 0.2) is 11.7 Å². The van der Waals surface area contributed by atoms with E-state index in [1.165, 1.54) is 0 Å². The molecule has 0 saturated carbocycles. The number of hydrogen-bond donors (Lipinski definition) is 4. The summed E-state index contributed by atoms with van der Waals surface area (Å²) < 4.78 is 5.40. The molecule has 0 aromatic heterocycles. The van der Waals surface area contributed by atoms with Crippen molar-refractivity contribution in [3.05, 3.63) is 95.1 Å². The van der Waals surface area contributed by atoms with Crippen molar-refractivity contribution in [3.8, 4) is 5.75 Å². The first-order valence-corrected chi connectivity index (χ1v) is 10.8. The highest BCUT2D eigenvalue weighted by Crippen LogP contribution is 2.13. The van der Waals surface area contributed by atoms with Crippen LogP contribution in [0.25, 0.3) is 0 Å². The van der Waals surface area contributed by atoms with E-state index in [0.717, 1.165) is 11.1 Å². The van der Waals surface area contributed by atoms with Gasteiger partial charge in [-0.1, -0.05) is 29.8 Å². The SMILES string of the molecule is Cc1cccc(OCC(=O)NC(=S)NNC(=O)c2ccc(NC(=O)c3cccc(C)c3)cc2)c1. The highest BCUT2D eigenvalue weighted by atomic mass is 32.1. The van der Waals surface area contributed by atoms with E-state index in [-0.39, 0.29) is 17.6 Å². The lowest BCUT2D eigenvalue weighted by molar-refractivity contribution is -0.121. The van der Waals surface area contributed by atoms with E-state index < -0.39 is 11.8 Å². The van der Waals surface area contributed by atoms with Crippen molar-refractivity contribution in [2.75, 3.05) is 11.9 Å². The summed E-state index contributed by atoms with van der Waals surface area (Å²) >= 11 is 5.01. The molecule has 0 atom stereocenters. The summed E-state index contributed by atoms with van der Waals surface area (Å²) in [6, 6.07) is 20.9. The van der Waals surface area contributed by atoms with Crippen LogP contribution in [-0.2, 0) is 4.79 Å². The van der Waals surface area contributed by atoms with Gasteiger partial charge in [-0.15, -0.1) is 0 Å². The van der Waals surface area contributed by atoms with Gasteiger partial charge < -0.3 is 10.1 Å². The summed E-state index contributed by atoms with van der Waals surface area (Å²) in [6.07, 6.45) is 0. The number of thiocarbonyl (C=S) groups is 1. The Morgan fingerprint density at radius 3 is 2.15 bits per heavy atom. The number of carbonyl (C=O) groups excluding carboxylic acids is 3. The average molecular weight is 477 g/mol. The Bertz CT molecular complexity index is 1210. The topological polar surface area (TPSA) is 109 Å². The fourth-order valence-corrected chi connectivity index (χ4v) is 3.09. The van der Waals surface area contributed by atoms with E-state index in [1.807, 2.05) is 44.2 Å². The maximum atomic E-state index is 12.3. The number of anilines is 1. The molecule has 34 heavy (non-hydrogen) atoms. The zero-order chi connectivity index (χ0) is 24.5. The third kappa shape index (κ3) is 7.42. The molecular weight excluding hydrogens is 452 g/mol. The average Bonchev–Trinajstić information content (AvgIpc) is 2.82. The summed E-state index contributed by atoms with van der Waals surface area (Å²) in [7, 11) is 0. The Morgan fingerprint density at radius 1 is 0.794 bits per heavy atom. The van der Waals surface area contributed by atoms with E-state index in [0.29, 0.717) is 22.6 Å². The first kappa shape index (κ1) is 24.4. The van der Waals surface area contributed by atoms with Gasteiger partial charge in [-0.3, -0.25) is 30.6 Å². The highest BCUT2D eigenvalue weighted by Gasteiger charge is 2.10. The van der Waals surface area contributed by atoms with Crippen molar-refractivity contribution in [2.24, 2.45) is 0 Å². The molecule has 8 nitrogen and oxygen atoms in total. The Hall–Kier alpha value is -4.24. The monoisotopic (exact) mass is 476 g/mol. The van der Waals surface area contributed by atoms with Crippen molar-refractivity contribution in [1.82, 2.24) is 16.2 Å². The van der Waals surface area contributed by atoms with E-state index in [2.05, 4.69) is 21.5 Å². The van der Waals surface area contributed by atoms with E-state index >= 15 is 0 Å². The van der Waals surface area contributed by atoms with Gasteiger partial charge in [-0.25, -0.2) is 0 Å². The molecule has 0 bridgehead atoms. The standard InChI is InChI=1S/C25H24N4O4S/c1-16-5-3-7-19(13-16)23(31)26-20-11-9-18(10-12-20)24(32)28-29-25(34)27-22(30)15-33-21-8-4-6-17(2)14-21/h3-14H,15H2,1-2H3,(H,26,31)(H,28,32)(H2,27,29,30,34). The fraction of sp³-hybridized carbons (Fsp3) is 0.120. The second kappa shape index (κ2) is 11.6. The van der Waals surface area contributed by atoms with Crippen LogP contribution >= 0.6 is 12.2 Å². The molecule has 0 fully saturated rings. The normalized spacial score (nSPS) is 10.1. The maximum Gasteiger partial charge on any atom is 0.269 e. The van der Waals surface area contributed by atoms with Crippen LogP contribution in [0.5, 0.6) is 5.75 Å². The van der Waals surface area contributed by atoms with E-state index in [1.54, 1.807) is 42.5 Å². The number of aryl methyl sites for hydroxylation is 2. The number of nitrogens with one attached hydrogen (secondary N) is 4. The number of rotatable bonds is 6. The van der Waals surface area contributed by atoms with Crippen molar-refractivity contribution in [2.45, 2.75) is 13.8 Å². The van der Waals surface area contributed by atoms with Crippen LogP contribution in [0.1, 0.15) is 31.8 Å². The number of ether oxygens (including phenoxy) is 1. The van der Waals surface area contributed by atoms with Crippen LogP contribution in [0.2, 0.25) is 0 Å². The fourth-order valence-electron chi connectivity index (χ4n) is 2.93. The van der Waals surface area contributed by atoms with Gasteiger partial charge in [-0.2, -0.15) is 0 Å². The molecule has 0 unspecified atom stereocenters. The Morgan fingerprint density at radius 2 is 1.47 bits per heavy atom. The zero-order valence-corrected chi connectivity index (χ0v) is 19.5. The summed E-state index contributed by atoms with van der Waals surface area (Å²) in [5, 5.41) is 5.12. The van der Waals surface area contributed by atoms with Gasteiger partial charge in [0.05, 0.1) is 0 Å². The predicted molar refractivity (Wildman–Crippen MR) is 134 cm³/mol. The van der Waals surface area contributed by atoms with Crippen molar-refractivity contribution >= 4 is 40.7 Å². The van der Waals surface area contributed by atoms with Crippen molar-refractivity contribution in [1.29, 1.82) is 0 Å². The van der Waals surface area contributed by atoms with Crippen molar-refractivity contribution in [3.63, 3.8) is 0 Å². The van der Waals surface area contributed by atoms with Crippen LogP contribution in [0.4, 0.5) is 5.69 Å². The van der Waals surface area contributed by atoms with Crippen LogP contribution < -0.4 is 26.2 Å². The summed E-state index contributed by atoms with van der Waals surface area (Å²) in [6.45, 7) is 3.60. The summed E-state index contributed by atoms with van der Waals surface area (Å²) in [5.74, 6) is -0.609. The number of carbonyl (C=O) groups is 3. The van der Waals surface area contributed by atoms with E-state index in [4.69, 9.17) is 17.0 Å². The number of hydrogen-bond acceptors (Lipinski definition) is 5. The molecule has 0 aliphatic carbocycles. The molecule has 0 saturated heterocycles. The van der Waals surface area contributed by atoms with Gasteiger partial charge in [0.1, 0.15) is 5.75 Å². The Kier molecular flexibility index (Phi) is 8.31. The summed E-state index contributed by atoms with van der Waals surface area (Å²) in [5.41, 5.74) is 8.30.